The van der Waals surface area contributed by atoms with E-state index >= 15 is 0 Å². The second kappa shape index (κ2) is 5.11. The van der Waals surface area contributed by atoms with E-state index < -0.39 is 0 Å². The molecule has 28 heavy (non-hydrogen) atoms. The van der Waals surface area contributed by atoms with E-state index in [1.54, 1.807) is 0 Å². The summed E-state index contributed by atoms with van der Waals surface area (Å²) in [7, 11) is 0. The molecule has 7 rings (SSSR count). The summed E-state index contributed by atoms with van der Waals surface area (Å²) in [5.41, 5.74) is 15.3. The zero-order valence-corrected chi connectivity index (χ0v) is 15.4. The topological polar surface area (TPSA) is 16.1 Å². The van der Waals surface area contributed by atoms with Crippen molar-refractivity contribution in [3.8, 4) is 11.1 Å². The number of pyridine rings is 1. The fourth-order valence-electron chi connectivity index (χ4n) is 5.35. The van der Waals surface area contributed by atoms with Crippen LogP contribution in [-0.2, 0) is 19.3 Å². The molecule has 0 saturated heterocycles. The number of benzene rings is 3. The summed E-state index contributed by atoms with van der Waals surface area (Å²) in [6.45, 7) is 0. The summed E-state index contributed by atoms with van der Waals surface area (Å²) in [5, 5.41) is 0. The molecule has 3 heterocycles. The van der Waals surface area contributed by atoms with Crippen LogP contribution in [0.2, 0.25) is 0 Å². The van der Waals surface area contributed by atoms with Gasteiger partial charge in [-0.1, -0.05) is 48.5 Å². The van der Waals surface area contributed by atoms with Crippen LogP contribution in [0.1, 0.15) is 33.4 Å². The van der Waals surface area contributed by atoms with Crippen LogP contribution in [0.5, 0.6) is 0 Å². The Balaban J connectivity index is 1.53. The zero-order chi connectivity index (χ0) is 18.2. The van der Waals surface area contributed by atoms with Gasteiger partial charge in [0, 0.05) is 25.2 Å². The molecular weight excluding hydrogens is 340 g/mol. The number of aromatic nitrogens is 1. The Hall–Kier alpha value is -3.39. The third-order valence-electron chi connectivity index (χ3n) is 6.54. The highest BCUT2D eigenvalue weighted by Crippen LogP contribution is 2.52. The number of anilines is 3. The largest absolute Gasteiger partial charge is 0.309 e. The van der Waals surface area contributed by atoms with Gasteiger partial charge in [0.2, 0.25) is 0 Å². The van der Waals surface area contributed by atoms with Gasteiger partial charge in [-0.25, -0.2) is 0 Å². The summed E-state index contributed by atoms with van der Waals surface area (Å²) < 4.78 is 0. The molecule has 1 aromatic heterocycles. The monoisotopic (exact) mass is 358 g/mol. The standard InChI is InChI=1S/C26H18N2/c1-2-7-22-16(4-1)10-19-13-20-11-17-5-3-6-18-12-21-15-27-9-8-24(21)28(26(17)18)25(20)14-23(19)22/h1-9,13-15H,10-12H2. The highest BCUT2D eigenvalue weighted by molar-refractivity contribution is 5.92. The lowest BCUT2D eigenvalue weighted by atomic mass is 9.86. The van der Waals surface area contributed by atoms with Crippen molar-refractivity contribution in [1.29, 1.82) is 0 Å². The van der Waals surface area contributed by atoms with Crippen LogP contribution in [0, 0.1) is 0 Å². The van der Waals surface area contributed by atoms with Gasteiger partial charge in [-0.15, -0.1) is 0 Å². The zero-order valence-electron chi connectivity index (χ0n) is 15.4. The lowest BCUT2D eigenvalue weighted by molar-refractivity contribution is 0.998. The quantitative estimate of drug-likeness (QED) is 0.334. The van der Waals surface area contributed by atoms with E-state index in [2.05, 4.69) is 70.5 Å². The minimum Gasteiger partial charge on any atom is -0.309 e. The van der Waals surface area contributed by atoms with Gasteiger partial charge < -0.3 is 4.90 Å². The van der Waals surface area contributed by atoms with E-state index in [9.17, 15) is 0 Å². The van der Waals surface area contributed by atoms with E-state index in [1.807, 2.05) is 12.4 Å². The number of fused-ring (bicyclic) bond motifs is 7. The summed E-state index contributed by atoms with van der Waals surface area (Å²) in [5.74, 6) is 0. The van der Waals surface area contributed by atoms with Crippen LogP contribution in [0.25, 0.3) is 11.1 Å². The average molecular weight is 358 g/mol. The number of hydrogen-bond acceptors (Lipinski definition) is 2. The third-order valence-corrected chi connectivity index (χ3v) is 6.54. The minimum atomic E-state index is 0.964. The molecule has 2 heteroatoms. The maximum atomic E-state index is 4.40. The molecule has 3 aliphatic rings. The first kappa shape index (κ1) is 14.6. The first-order valence-electron chi connectivity index (χ1n) is 9.95. The van der Waals surface area contributed by atoms with Gasteiger partial charge in [0.25, 0.3) is 0 Å². The van der Waals surface area contributed by atoms with Crippen LogP contribution in [0.15, 0.2) is 73.1 Å². The molecule has 0 fully saturated rings. The van der Waals surface area contributed by atoms with E-state index in [0.717, 1.165) is 19.3 Å². The predicted molar refractivity (Wildman–Crippen MR) is 113 cm³/mol. The van der Waals surface area contributed by atoms with E-state index in [4.69, 9.17) is 0 Å². The fourth-order valence-corrected chi connectivity index (χ4v) is 5.35. The number of rotatable bonds is 0. The summed E-state index contributed by atoms with van der Waals surface area (Å²) in [6.07, 6.45) is 6.97. The van der Waals surface area contributed by atoms with Crippen molar-refractivity contribution in [1.82, 2.24) is 4.98 Å². The normalized spacial score (nSPS) is 14.6. The molecule has 0 N–H and O–H groups in total. The van der Waals surface area contributed by atoms with Crippen molar-refractivity contribution >= 4 is 17.1 Å². The maximum Gasteiger partial charge on any atom is 0.0532 e. The molecule has 2 nitrogen and oxygen atoms in total. The highest BCUT2D eigenvalue weighted by atomic mass is 15.2. The van der Waals surface area contributed by atoms with Crippen molar-refractivity contribution in [3.63, 3.8) is 0 Å². The lowest BCUT2D eigenvalue weighted by Crippen LogP contribution is -2.24. The van der Waals surface area contributed by atoms with Crippen LogP contribution < -0.4 is 4.90 Å². The van der Waals surface area contributed by atoms with Crippen molar-refractivity contribution < 1.29 is 0 Å². The van der Waals surface area contributed by atoms with Gasteiger partial charge in [0.15, 0.2) is 0 Å². The lowest BCUT2D eigenvalue weighted by Gasteiger charge is -2.39. The predicted octanol–water partition coefficient (Wildman–Crippen LogP) is 5.93. The van der Waals surface area contributed by atoms with Crippen LogP contribution in [0.4, 0.5) is 17.1 Å². The van der Waals surface area contributed by atoms with Gasteiger partial charge in [-0.05, 0) is 63.1 Å². The molecule has 2 aliphatic heterocycles. The van der Waals surface area contributed by atoms with Crippen LogP contribution in [0.3, 0.4) is 0 Å². The van der Waals surface area contributed by atoms with Gasteiger partial charge in [-0.3, -0.25) is 4.98 Å². The molecule has 1 aliphatic carbocycles. The number of nitrogens with zero attached hydrogens (tertiary/aromatic N) is 2. The van der Waals surface area contributed by atoms with Crippen molar-refractivity contribution in [3.05, 3.63) is 106 Å². The summed E-state index contributed by atoms with van der Waals surface area (Å²) >= 11 is 0. The molecule has 132 valence electrons. The molecule has 0 spiro atoms. The molecule has 0 bridgehead atoms. The van der Waals surface area contributed by atoms with E-state index in [1.165, 1.54) is 61.6 Å². The molecular formula is C26H18N2. The Labute approximate surface area is 164 Å². The smallest absolute Gasteiger partial charge is 0.0532 e. The SMILES string of the molecule is c1ccc2c(c1)Cc1cc3c(cc1-2)N1c2ccncc2Cc2cccc(c21)C3. The first-order chi connectivity index (χ1) is 13.9. The number of para-hydroxylation sites is 1. The Morgan fingerprint density at radius 2 is 1.39 bits per heavy atom. The van der Waals surface area contributed by atoms with Crippen molar-refractivity contribution in [2.24, 2.45) is 0 Å². The summed E-state index contributed by atoms with van der Waals surface area (Å²) in [4.78, 5) is 6.89. The Morgan fingerprint density at radius 1 is 0.607 bits per heavy atom. The van der Waals surface area contributed by atoms with E-state index in [0.29, 0.717) is 0 Å². The molecule has 0 radical (unpaired) electrons. The molecule has 3 aromatic carbocycles. The van der Waals surface area contributed by atoms with Crippen molar-refractivity contribution in [2.45, 2.75) is 19.3 Å². The van der Waals surface area contributed by atoms with Gasteiger partial charge in [0.05, 0.1) is 17.1 Å². The molecule has 0 saturated carbocycles. The molecule has 0 atom stereocenters. The maximum absolute atomic E-state index is 4.40. The van der Waals surface area contributed by atoms with Gasteiger partial charge >= 0.3 is 0 Å². The fraction of sp³-hybridized carbons (Fsp3) is 0.115. The Morgan fingerprint density at radius 3 is 2.32 bits per heavy atom. The van der Waals surface area contributed by atoms with Crippen LogP contribution >= 0.6 is 0 Å². The molecule has 0 unspecified atom stereocenters. The van der Waals surface area contributed by atoms with Crippen molar-refractivity contribution in [2.75, 3.05) is 4.90 Å². The first-order valence-corrected chi connectivity index (χ1v) is 9.95. The summed E-state index contributed by atoms with van der Waals surface area (Å²) in [6, 6.07) is 22.7. The third kappa shape index (κ3) is 1.80. The Kier molecular flexibility index (Phi) is 2.67. The average Bonchev–Trinajstić information content (AvgIpc) is 3.09. The Bertz CT molecular complexity index is 1300. The molecule has 4 aromatic rings. The second-order valence-electron chi connectivity index (χ2n) is 8.09. The minimum absolute atomic E-state index is 0.964. The van der Waals surface area contributed by atoms with Gasteiger partial charge in [0.1, 0.15) is 0 Å². The van der Waals surface area contributed by atoms with Crippen LogP contribution in [-0.4, -0.2) is 4.98 Å². The van der Waals surface area contributed by atoms with E-state index in [-0.39, 0.29) is 0 Å². The molecule has 0 amide bonds. The number of hydrogen-bond donors (Lipinski definition) is 0. The second-order valence-corrected chi connectivity index (χ2v) is 8.09. The highest BCUT2D eigenvalue weighted by Gasteiger charge is 2.33. The van der Waals surface area contributed by atoms with Gasteiger partial charge in [-0.2, -0.15) is 0 Å².